The molecule has 0 radical (unpaired) electrons. The van der Waals surface area contributed by atoms with Crippen molar-refractivity contribution in [2.24, 2.45) is 5.92 Å². The van der Waals surface area contributed by atoms with E-state index in [9.17, 15) is 0 Å². The fraction of sp³-hybridized carbons (Fsp3) is 1.00. The Morgan fingerprint density at radius 1 is 1.00 bits per heavy atom. The molecule has 0 heterocycles. The molecule has 0 aliphatic heterocycles. The smallest absolute Gasteiger partial charge is 0.0594 e. The lowest BCUT2D eigenvalue weighted by molar-refractivity contribution is 0.00410. The van der Waals surface area contributed by atoms with Gasteiger partial charge in [0.25, 0.3) is 0 Å². The van der Waals surface area contributed by atoms with Gasteiger partial charge in [0, 0.05) is 6.54 Å². The van der Waals surface area contributed by atoms with E-state index in [1.54, 1.807) is 0 Å². The Balaban J connectivity index is 1.39. The van der Waals surface area contributed by atoms with Crippen LogP contribution in [-0.2, 0) is 4.74 Å². The SMILES string of the molecule is C1CCC(CNCCOC2CCC2)C1. The van der Waals surface area contributed by atoms with Gasteiger partial charge in [-0.25, -0.2) is 0 Å². The minimum Gasteiger partial charge on any atom is -0.377 e. The third-order valence-corrected chi connectivity index (χ3v) is 3.59. The Morgan fingerprint density at radius 2 is 1.79 bits per heavy atom. The van der Waals surface area contributed by atoms with Crippen LogP contribution < -0.4 is 5.32 Å². The molecule has 2 heteroatoms. The van der Waals surface area contributed by atoms with Crippen molar-refractivity contribution in [3.05, 3.63) is 0 Å². The summed E-state index contributed by atoms with van der Waals surface area (Å²) in [5.41, 5.74) is 0. The van der Waals surface area contributed by atoms with Gasteiger partial charge in [-0.15, -0.1) is 0 Å². The lowest BCUT2D eigenvalue weighted by Gasteiger charge is -2.25. The summed E-state index contributed by atoms with van der Waals surface area (Å²) >= 11 is 0. The van der Waals surface area contributed by atoms with Crippen LogP contribution in [0.1, 0.15) is 44.9 Å². The molecule has 2 rings (SSSR count). The number of hydrogen-bond donors (Lipinski definition) is 1. The van der Waals surface area contributed by atoms with Crippen LogP contribution in [0.5, 0.6) is 0 Å². The fourth-order valence-electron chi connectivity index (χ4n) is 2.36. The third kappa shape index (κ3) is 3.25. The first-order valence-corrected chi connectivity index (χ1v) is 6.27. The largest absolute Gasteiger partial charge is 0.377 e. The Bertz CT molecular complexity index is 150. The predicted molar refractivity (Wildman–Crippen MR) is 58.4 cm³/mol. The van der Waals surface area contributed by atoms with Crippen LogP contribution in [-0.4, -0.2) is 25.8 Å². The van der Waals surface area contributed by atoms with Crippen molar-refractivity contribution < 1.29 is 4.74 Å². The summed E-state index contributed by atoms with van der Waals surface area (Å²) in [5.74, 6) is 0.957. The molecule has 0 amide bonds. The second-order valence-corrected chi connectivity index (χ2v) is 4.78. The van der Waals surface area contributed by atoms with Crippen molar-refractivity contribution in [1.82, 2.24) is 5.32 Å². The van der Waals surface area contributed by atoms with E-state index in [1.165, 1.54) is 51.5 Å². The van der Waals surface area contributed by atoms with E-state index in [2.05, 4.69) is 5.32 Å². The standard InChI is InChI=1S/C12H23NO/c1-2-5-11(4-1)10-13-8-9-14-12-6-3-7-12/h11-13H,1-10H2. The molecule has 82 valence electrons. The van der Waals surface area contributed by atoms with Gasteiger partial charge < -0.3 is 10.1 Å². The van der Waals surface area contributed by atoms with Crippen LogP contribution in [0, 0.1) is 5.92 Å². The summed E-state index contributed by atoms with van der Waals surface area (Å²) < 4.78 is 5.68. The van der Waals surface area contributed by atoms with Crippen LogP contribution in [0.2, 0.25) is 0 Å². The lowest BCUT2D eigenvalue weighted by atomic mass is 9.96. The average Bonchev–Trinajstić information content (AvgIpc) is 2.60. The first-order valence-electron chi connectivity index (χ1n) is 6.27. The second-order valence-electron chi connectivity index (χ2n) is 4.78. The zero-order chi connectivity index (χ0) is 9.64. The summed E-state index contributed by atoms with van der Waals surface area (Å²) in [5, 5.41) is 3.51. The molecule has 0 aromatic rings. The summed E-state index contributed by atoms with van der Waals surface area (Å²) in [7, 11) is 0. The highest BCUT2D eigenvalue weighted by Crippen LogP contribution is 2.23. The number of hydrogen-bond acceptors (Lipinski definition) is 2. The molecule has 2 aliphatic rings. The minimum absolute atomic E-state index is 0.600. The highest BCUT2D eigenvalue weighted by Gasteiger charge is 2.17. The van der Waals surface area contributed by atoms with Gasteiger partial charge in [0.05, 0.1) is 12.7 Å². The van der Waals surface area contributed by atoms with Gasteiger partial charge in [0.1, 0.15) is 0 Å². The molecular weight excluding hydrogens is 174 g/mol. The van der Waals surface area contributed by atoms with Crippen molar-refractivity contribution in [2.45, 2.75) is 51.0 Å². The highest BCUT2D eigenvalue weighted by atomic mass is 16.5. The molecule has 2 saturated carbocycles. The van der Waals surface area contributed by atoms with Crippen LogP contribution >= 0.6 is 0 Å². The van der Waals surface area contributed by atoms with E-state index in [-0.39, 0.29) is 0 Å². The monoisotopic (exact) mass is 197 g/mol. The van der Waals surface area contributed by atoms with E-state index in [4.69, 9.17) is 4.74 Å². The van der Waals surface area contributed by atoms with E-state index < -0.39 is 0 Å². The summed E-state index contributed by atoms with van der Waals surface area (Å²) in [6, 6.07) is 0. The zero-order valence-electron chi connectivity index (χ0n) is 9.13. The van der Waals surface area contributed by atoms with E-state index in [0.717, 1.165) is 19.1 Å². The van der Waals surface area contributed by atoms with Crippen LogP contribution in [0.4, 0.5) is 0 Å². The predicted octanol–water partition coefficient (Wildman–Crippen LogP) is 2.34. The lowest BCUT2D eigenvalue weighted by Crippen LogP contribution is -2.29. The molecule has 0 aromatic heterocycles. The molecule has 0 unspecified atom stereocenters. The molecular formula is C12H23NO. The van der Waals surface area contributed by atoms with Gasteiger partial charge in [-0.05, 0) is 44.6 Å². The minimum atomic E-state index is 0.600. The molecule has 2 aliphatic carbocycles. The Morgan fingerprint density at radius 3 is 2.43 bits per heavy atom. The van der Waals surface area contributed by atoms with Crippen molar-refractivity contribution in [3.8, 4) is 0 Å². The summed E-state index contributed by atoms with van der Waals surface area (Å²) in [6.07, 6.45) is 10.3. The van der Waals surface area contributed by atoms with Gasteiger partial charge in [-0.3, -0.25) is 0 Å². The first kappa shape index (κ1) is 10.4. The Kier molecular flexibility index (Phi) is 4.26. The van der Waals surface area contributed by atoms with Crippen LogP contribution in [0.3, 0.4) is 0 Å². The molecule has 2 fully saturated rings. The van der Waals surface area contributed by atoms with Gasteiger partial charge in [0.2, 0.25) is 0 Å². The van der Waals surface area contributed by atoms with Crippen molar-refractivity contribution >= 4 is 0 Å². The van der Waals surface area contributed by atoms with E-state index in [1.807, 2.05) is 0 Å². The fourth-order valence-corrected chi connectivity index (χ4v) is 2.36. The van der Waals surface area contributed by atoms with E-state index >= 15 is 0 Å². The number of nitrogens with one attached hydrogen (secondary N) is 1. The van der Waals surface area contributed by atoms with Crippen molar-refractivity contribution in [1.29, 1.82) is 0 Å². The van der Waals surface area contributed by atoms with Crippen LogP contribution in [0.25, 0.3) is 0 Å². The maximum absolute atomic E-state index is 5.68. The topological polar surface area (TPSA) is 21.3 Å². The van der Waals surface area contributed by atoms with Crippen LogP contribution in [0.15, 0.2) is 0 Å². The van der Waals surface area contributed by atoms with Crippen molar-refractivity contribution in [2.75, 3.05) is 19.7 Å². The summed E-state index contributed by atoms with van der Waals surface area (Å²) in [6.45, 7) is 3.18. The highest BCUT2D eigenvalue weighted by molar-refractivity contribution is 4.70. The van der Waals surface area contributed by atoms with Gasteiger partial charge in [-0.2, -0.15) is 0 Å². The molecule has 14 heavy (non-hydrogen) atoms. The molecule has 0 saturated heterocycles. The Labute approximate surface area is 87.4 Å². The molecule has 1 N–H and O–H groups in total. The van der Waals surface area contributed by atoms with Gasteiger partial charge in [-0.1, -0.05) is 12.8 Å². The Hall–Kier alpha value is -0.0800. The maximum Gasteiger partial charge on any atom is 0.0594 e. The zero-order valence-corrected chi connectivity index (χ0v) is 9.13. The quantitative estimate of drug-likeness (QED) is 0.660. The molecule has 0 bridgehead atoms. The van der Waals surface area contributed by atoms with E-state index in [0.29, 0.717) is 6.10 Å². The molecule has 0 spiro atoms. The summed E-state index contributed by atoms with van der Waals surface area (Å²) in [4.78, 5) is 0. The maximum atomic E-state index is 5.68. The molecule has 0 aromatic carbocycles. The normalized spacial score (nSPS) is 24.0. The second kappa shape index (κ2) is 5.72. The number of ether oxygens (including phenoxy) is 1. The average molecular weight is 197 g/mol. The van der Waals surface area contributed by atoms with Crippen molar-refractivity contribution in [3.63, 3.8) is 0 Å². The molecule has 0 atom stereocenters. The van der Waals surface area contributed by atoms with Gasteiger partial charge in [0.15, 0.2) is 0 Å². The third-order valence-electron chi connectivity index (χ3n) is 3.59. The molecule has 2 nitrogen and oxygen atoms in total. The number of rotatable bonds is 6. The first-order chi connectivity index (χ1) is 6.95. The van der Waals surface area contributed by atoms with Gasteiger partial charge >= 0.3 is 0 Å².